The van der Waals surface area contributed by atoms with E-state index in [1.807, 2.05) is 0 Å². The highest BCUT2D eigenvalue weighted by atomic mass is 14.7. The molecule has 0 amide bonds. The van der Waals surface area contributed by atoms with Crippen molar-refractivity contribution in [2.45, 2.75) is 45.6 Å². The number of fused-ring (bicyclic) bond motifs is 1. The minimum Gasteiger partial charge on any atom is -0.328 e. The molecule has 3 aliphatic rings. The molecule has 2 atom stereocenters. The summed E-state index contributed by atoms with van der Waals surface area (Å²) in [5.41, 5.74) is 6.62. The highest BCUT2D eigenvalue weighted by Gasteiger charge is 2.53. The predicted octanol–water partition coefficient (Wildman–Crippen LogP) is 2.16. The minimum atomic E-state index is 0.397. The van der Waals surface area contributed by atoms with Crippen LogP contribution in [0.5, 0.6) is 0 Å². The molecule has 0 saturated heterocycles. The normalized spacial score (nSPS) is 46.6. The largest absolute Gasteiger partial charge is 0.328 e. The van der Waals surface area contributed by atoms with Crippen LogP contribution >= 0.6 is 0 Å². The third kappa shape index (κ3) is 0.936. The Morgan fingerprint density at radius 3 is 2.36 bits per heavy atom. The standard InChI is InChI=1S/C10H19N/c1-7(8(2)11)10-4-3-9(5-10)6-10/h7-9H,3-6,11H2,1-2H3. The van der Waals surface area contributed by atoms with E-state index in [0.29, 0.717) is 11.5 Å². The van der Waals surface area contributed by atoms with Crippen LogP contribution in [-0.4, -0.2) is 6.04 Å². The average molecular weight is 153 g/mol. The summed E-state index contributed by atoms with van der Waals surface area (Å²) in [4.78, 5) is 0. The molecule has 0 radical (unpaired) electrons. The number of hydrogen-bond donors (Lipinski definition) is 1. The van der Waals surface area contributed by atoms with Gasteiger partial charge in [-0.1, -0.05) is 6.92 Å². The van der Waals surface area contributed by atoms with Crippen LogP contribution < -0.4 is 5.73 Å². The van der Waals surface area contributed by atoms with Gasteiger partial charge in [-0.05, 0) is 49.9 Å². The minimum absolute atomic E-state index is 0.397. The molecule has 1 heteroatoms. The summed E-state index contributed by atoms with van der Waals surface area (Å²) in [5, 5.41) is 0. The Balaban J connectivity index is 2.04. The molecule has 0 aromatic carbocycles. The zero-order valence-electron chi connectivity index (χ0n) is 7.64. The van der Waals surface area contributed by atoms with Crippen molar-refractivity contribution < 1.29 is 0 Å². The van der Waals surface area contributed by atoms with Crippen LogP contribution in [0.1, 0.15) is 39.5 Å². The van der Waals surface area contributed by atoms with E-state index in [0.717, 1.165) is 11.8 Å². The van der Waals surface area contributed by atoms with Crippen molar-refractivity contribution >= 4 is 0 Å². The fourth-order valence-corrected chi connectivity index (χ4v) is 3.15. The first-order valence-electron chi connectivity index (χ1n) is 4.90. The highest BCUT2D eigenvalue weighted by molar-refractivity contribution is 5.04. The second kappa shape index (κ2) is 2.22. The maximum atomic E-state index is 5.93. The smallest absolute Gasteiger partial charge is 0.00414 e. The lowest BCUT2D eigenvalue weighted by Gasteiger charge is -2.45. The van der Waals surface area contributed by atoms with Crippen molar-refractivity contribution in [3.8, 4) is 0 Å². The van der Waals surface area contributed by atoms with Gasteiger partial charge in [0.25, 0.3) is 0 Å². The quantitative estimate of drug-likeness (QED) is 0.646. The van der Waals surface area contributed by atoms with Gasteiger partial charge in [0.05, 0.1) is 0 Å². The summed E-state index contributed by atoms with van der Waals surface area (Å²) >= 11 is 0. The van der Waals surface area contributed by atoms with E-state index in [9.17, 15) is 0 Å². The van der Waals surface area contributed by atoms with Gasteiger partial charge in [-0.2, -0.15) is 0 Å². The predicted molar refractivity (Wildman–Crippen MR) is 47.2 cm³/mol. The molecular weight excluding hydrogens is 134 g/mol. The zero-order chi connectivity index (χ0) is 8.06. The van der Waals surface area contributed by atoms with Gasteiger partial charge in [0.15, 0.2) is 0 Å². The molecule has 2 N–H and O–H groups in total. The summed E-state index contributed by atoms with van der Waals surface area (Å²) < 4.78 is 0. The molecule has 1 nitrogen and oxygen atoms in total. The van der Waals surface area contributed by atoms with Crippen LogP contribution in [0.15, 0.2) is 0 Å². The van der Waals surface area contributed by atoms with Crippen LogP contribution in [0.3, 0.4) is 0 Å². The maximum Gasteiger partial charge on any atom is 0.00414 e. The van der Waals surface area contributed by atoms with Gasteiger partial charge in [-0.15, -0.1) is 0 Å². The lowest BCUT2D eigenvalue weighted by Crippen LogP contribution is -2.42. The second-order valence-corrected chi connectivity index (χ2v) is 4.82. The summed E-state index contributed by atoms with van der Waals surface area (Å²) in [6.45, 7) is 4.50. The van der Waals surface area contributed by atoms with Crippen LogP contribution in [0.25, 0.3) is 0 Å². The van der Waals surface area contributed by atoms with E-state index in [4.69, 9.17) is 5.73 Å². The van der Waals surface area contributed by atoms with Gasteiger partial charge in [0.2, 0.25) is 0 Å². The van der Waals surface area contributed by atoms with Gasteiger partial charge in [-0.3, -0.25) is 0 Å². The van der Waals surface area contributed by atoms with E-state index < -0.39 is 0 Å². The zero-order valence-corrected chi connectivity index (χ0v) is 7.64. The molecule has 3 fully saturated rings. The molecule has 0 spiro atoms. The molecule has 3 aliphatic carbocycles. The molecule has 0 aromatic heterocycles. The maximum absolute atomic E-state index is 5.93. The summed E-state index contributed by atoms with van der Waals surface area (Å²) in [5.74, 6) is 1.83. The van der Waals surface area contributed by atoms with Crippen LogP contribution in [0, 0.1) is 17.3 Å². The highest BCUT2D eigenvalue weighted by Crippen LogP contribution is 2.62. The molecule has 3 saturated carbocycles. The first kappa shape index (κ1) is 7.60. The molecule has 0 aliphatic heterocycles. The Hall–Kier alpha value is -0.0400. The first-order chi connectivity index (χ1) is 5.14. The summed E-state index contributed by atoms with van der Waals surface area (Å²) in [6.07, 6.45) is 5.91. The van der Waals surface area contributed by atoms with Crippen molar-refractivity contribution in [1.29, 1.82) is 0 Å². The summed E-state index contributed by atoms with van der Waals surface area (Å²) in [7, 11) is 0. The van der Waals surface area contributed by atoms with Gasteiger partial charge in [-0.25, -0.2) is 0 Å². The summed E-state index contributed by atoms with van der Waals surface area (Å²) in [6, 6.07) is 0.397. The van der Waals surface area contributed by atoms with Crippen LogP contribution in [0.4, 0.5) is 0 Å². The molecule has 0 aromatic rings. The molecule has 0 heterocycles. The topological polar surface area (TPSA) is 26.0 Å². The van der Waals surface area contributed by atoms with Crippen LogP contribution in [-0.2, 0) is 0 Å². The van der Waals surface area contributed by atoms with Gasteiger partial charge in [0, 0.05) is 6.04 Å². The first-order valence-corrected chi connectivity index (χ1v) is 4.90. The number of rotatable bonds is 2. The SMILES string of the molecule is CC(N)C(C)C12CCC(C1)C2. The van der Waals surface area contributed by atoms with Crippen molar-refractivity contribution in [1.82, 2.24) is 0 Å². The van der Waals surface area contributed by atoms with E-state index in [1.165, 1.54) is 25.7 Å². The number of nitrogens with two attached hydrogens (primary N) is 1. The van der Waals surface area contributed by atoms with Gasteiger partial charge < -0.3 is 5.73 Å². The van der Waals surface area contributed by atoms with Crippen LogP contribution in [0.2, 0.25) is 0 Å². The lowest BCUT2D eigenvalue weighted by molar-refractivity contribution is 0.0599. The van der Waals surface area contributed by atoms with Crippen molar-refractivity contribution in [2.24, 2.45) is 23.0 Å². The molecular formula is C10H19N. The monoisotopic (exact) mass is 153 g/mol. The average Bonchev–Trinajstić information content (AvgIpc) is 2.40. The molecule has 2 unspecified atom stereocenters. The van der Waals surface area contributed by atoms with Crippen molar-refractivity contribution in [3.63, 3.8) is 0 Å². The van der Waals surface area contributed by atoms with Crippen molar-refractivity contribution in [3.05, 3.63) is 0 Å². The Kier molecular flexibility index (Phi) is 1.54. The third-order valence-corrected chi connectivity index (χ3v) is 4.20. The fourth-order valence-electron chi connectivity index (χ4n) is 3.15. The van der Waals surface area contributed by atoms with E-state index in [1.54, 1.807) is 0 Å². The molecule has 64 valence electrons. The van der Waals surface area contributed by atoms with Crippen molar-refractivity contribution in [2.75, 3.05) is 0 Å². The Labute approximate surface area is 69.4 Å². The van der Waals surface area contributed by atoms with E-state index in [-0.39, 0.29) is 0 Å². The Bertz CT molecular complexity index is 151. The molecule has 2 bridgehead atoms. The van der Waals surface area contributed by atoms with Gasteiger partial charge in [0.1, 0.15) is 0 Å². The second-order valence-electron chi connectivity index (χ2n) is 4.82. The lowest BCUT2D eigenvalue weighted by atomic mass is 9.61. The van der Waals surface area contributed by atoms with Gasteiger partial charge >= 0.3 is 0 Å². The van der Waals surface area contributed by atoms with E-state index in [2.05, 4.69) is 13.8 Å². The van der Waals surface area contributed by atoms with E-state index >= 15 is 0 Å². The molecule has 11 heavy (non-hydrogen) atoms. The fraction of sp³-hybridized carbons (Fsp3) is 1.00. The molecule has 3 rings (SSSR count). The number of hydrogen-bond acceptors (Lipinski definition) is 1. The Morgan fingerprint density at radius 1 is 1.36 bits per heavy atom. The Morgan fingerprint density at radius 2 is 2.00 bits per heavy atom. The third-order valence-electron chi connectivity index (χ3n) is 4.20.